The SMILES string of the molecule is CC(C)(C)OC(=O)N1NC(=O)C[C@H]1[C@H](Cc1ccccc1)NC(=O)OCc1ccccc1. The molecule has 1 fully saturated rings. The first kappa shape index (κ1) is 23.1. The van der Waals surface area contributed by atoms with Crippen LogP contribution < -0.4 is 10.7 Å². The number of alkyl carbamates (subject to hydrolysis) is 1. The van der Waals surface area contributed by atoms with Crippen LogP contribution in [0, 0.1) is 0 Å². The molecule has 1 saturated heterocycles. The van der Waals surface area contributed by atoms with Gasteiger partial charge in [-0.3, -0.25) is 10.2 Å². The number of benzene rings is 2. The number of amides is 3. The minimum Gasteiger partial charge on any atom is -0.445 e. The molecule has 0 aliphatic carbocycles. The van der Waals surface area contributed by atoms with Gasteiger partial charge in [0.25, 0.3) is 0 Å². The highest BCUT2D eigenvalue weighted by Gasteiger charge is 2.42. The Morgan fingerprint density at radius 3 is 2.25 bits per heavy atom. The van der Waals surface area contributed by atoms with Crippen molar-refractivity contribution in [3.63, 3.8) is 0 Å². The van der Waals surface area contributed by atoms with Gasteiger partial charge in [0.1, 0.15) is 12.2 Å². The molecule has 3 rings (SSSR count). The Labute approximate surface area is 187 Å². The molecule has 0 saturated carbocycles. The summed E-state index contributed by atoms with van der Waals surface area (Å²) in [5.74, 6) is -0.321. The molecule has 2 atom stereocenters. The number of carbonyl (C=O) groups excluding carboxylic acids is 3. The third-order valence-electron chi connectivity index (χ3n) is 4.84. The van der Waals surface area contributed by atoms with Crippen molar-refractivity contribution < 1.29 is 23.9 Å². The highest BCUT2D eigenvalue weighted by atomic mass is 16.6. The molecule has 0 radical (unpaired) electrons. The van der Waals surface area contributed by atoms with E-state index in [1.165, 1.54) is 5.01 Å². The molecule has 0 unspecified atom stereocenters. The second-order valence-electron chi connectivity index (χ2n) is 8.66. The minimum absolute atomic E-state index is 0.0374. The molecule has 2 aromatic rings. The first-order valence-corrected chi connectivity index (χ1v) is 10.5. The second kappa shape index (κ2) is 10.2. The lowest BCUT2D eigenvalue weighted by Gasteiger charge is -2.32. The zero-order valence-electron chi connectivity index (χ0n) is 18.5. The average Bonchev–Trinajstić information content (AvgIpc) is 3.14. The number of carbonyl (C=O) groups is 3. The molecule has 0 aromatic heterocycles. The maximum absolute atomic E-state index is 12.7. The highest BCUT2D eigenvalue weighted by molar-refractivity contribution is 5.84. The molecular weight excluding hydrogens is 410 g/mol. The fourth-order valence-electron chi connectivity index (χ4n) is 3.43. The summed E-state index contributed by atoms with van der Waals surface area (Å²) in [6.07, 6.45) is -0.861. The van der Waals surface area contributed by atoms with E-state index in [1.807, 2.05) is 60.7 Å². The summed E-state index contributed by atoms with van der Waals surface area (Å²) in [6, 6.07) is 17.6. The van der Waals surface area contributed by atoms with Crippen molar-refractivity contribution in [3.8, 4) is 0 Å². The summed E-state index contributed by atoms with van der Waals surface area (Å²) in [5, 5.41) is 4.01. The molecule has 1 aliphatic rings. The lowest BCUT2D eigenvalue weighted by atomic mass is 9.97. The predicted molar refractivity (Wildman–Crippen MR) is 118 cm³/mol. The molecular formula is C24H29N3O5. The molecule has 0 bridgehead atoms. The third kappa shape index (κ3) is 6.73. The summed E-state index contributed by atoms with van der Waals surface area (Å²) >= 11 is 0. The smallest absolute Gasteiger partial charge is 0.429 e. The minimum atomic E-state index is -0.730. The molecule has 8 nitrogen and oxygen atoms in total. The molecule has 0 spiro atoms. The standard InChI is InChI=1S/C24H29N3O5/c1-24(2,3)32-23(30)27-20(15-21(28)26-27)19(14-17-10-6-4-7-11-17)25-22(29)31-16-18-12-8-5-9-13-18/h4-13,19-20H,14-16H2,1-3H3,(H,25,29)(H,26,28)/t19-,20-/m0/s1. The molecule has 1 aliphatic heterocycles. The number of hydrogen-bond acceptors (Lipinski definition) is 5. The van der Waals surface area contributed by atoms with Gasteiger partial charge in [-0.15, -0.1) is 0 Å². The van der Waals surface area contributed by atoms with Crippen molar-refractivity contribution in [1.82, 2.24) is 15.8 Å². The molecule has 1 heterocycles. The van der Waals surface area contributed by atoms with Crippen LogP contribution in [-0.4, -0.2) is 40.8 Å². The van der Waals surface area contributed by atoms with Crippen molar-refractivity contribution in [3.05, 3.63) is 71.8 Å². The Kier molecular flexibility index (Phi) is 7.35. The van der Waals surface area contributed by atoms with Gasteiger partial charge in [0.2, 0.25) is 5.91 Å². The molecule has 3 amide bonds. The maximum Gasteiger partial charge on any atom is 0.429 e. The topological polar surface area (TPSA) is 97.0 Å². The zero-order chi connectivity index (χ0) is 23.1. The average molecular weight is 440 g/mol. The van der Waals surface area contributed by atoms with Gasteiger partial charge in [0.15, 0.2) is 0 Å². The van der Waals surface area contributed by atoms with Gasteiger partial charge in [-0.05, 0) is 38.3 Å². The van der Waals surface area contributed by atoms with Crippen molar-refractivity contribution in [2.24, 2.45) is 0 Å². The van der Waals surface area contributed by atoms with E-state index in [-0.39, 0.29) is 18.9 Å². The van der Waals surface area contributed by atoms with Crippen LogP contribution in [0.5, 0.6) is 0 Å². The van der Waals surface area contributed by atoms with Crippen molar-refractivity contribution in [1.29, 1.82) is 0 Å². The summed E-state index contributed by atoms with van der Waals surface area (Å²) in [7, 11) is 0. The number of hydrogen-bond donors (Lipinski definition) is 2. The van der Waals surface area contributed by atoms with Crippen LogP contribution in [0.15, 0.2) is 60.7 Å². The van der Waals surface area contributed by atoms with E-state index in [0.29, 0.717) is 6.42 Å². The predicted octanol–water partition coefficient (Wildman–Crippen LogP) is 3.56. The van der Waals surface area contributed by atoms with Crippen molar-refractivity contribution in [2.75, 3.05) is 0 Å². The van der Waals surface area contributed by atoms with E-state index in [9.17, 15) is 14.4 Å². The van der Waals surface area contributed by atoms with Crippen LogP contribution in [0.2, 0.25) is 0 Å². The lowest BCUT2D eigenvalue weighted by Crippen LogP contribution is -2.55. The fourth-order valence-corrected chi connectivity index (χ4v) is 3.43. The van der Waals surface area contributed by atoms with Gasteiger partial charge in [0.05, 0.1) is 18.5 Å². The molecule has 2 aromatic carbocycles. The first-order chi connectivity index (χ1) is 15.2. The number of nitrogens with one attached hydrogen (secondary N) is 2. The monoisotopic (exact) mass is 439 g/mol. The maximum atomic E-state index is 12.7. The largest absolute Gasteiger partial charge is 0.445 e. The quantitative estimate of drug-likeness (QED) is 0.717. The summed E-state index contributed by atoms with van der Waals surface area (Å²) in [6.45, 7) is 5.36. The van der Waals surface area contributed by atoms with Crippen LogP contribution in [0.25, 0.3) is 0 Å². The first-order valence-electron chi connectivity index (χ1n) is 10.5. The Morgan fingerprint density at radius 1 is 1.06 bits per heavy atom. The molecule has 32 heavy (non-hydrogen) atoms. The van der Waals surface area contributed by atoms with E-state index < -0.39 is 29.9 Å². The Bertz CT molecular complexity index is 928. The summed E-state index contributed by atoms with van der Waals surface area (Å²) in [5.41, 5.74) is 3.63. The third-order valence-corrected chi connectivity index (χ3v) is 4.84. The number of nitrogens with zero attached hydrogens (tertiary/aromatic N) is 1. The van der Waals surface area contributed by atoms with Crippen LogP contribution >= 0.6 is 0 Å². The van der Waals surface area contributed by atoms with Crippen LogP contribution in [0.4, 0.5) is 9.59 Å². The number of hydrazine groups is 1. The van der Waals surface area contributed by atoms with Gasteiger partial charge in [-0.25, -0.2) is 14.6 Å². The van der Waals surface area contributed by atoms with Crippen molar-refractivity contribution >= 4 is 18.1 Å². The van der Waals surface area contributed by atoms with Gasteiger partial charge < -0.3 is 14.8 Å². The Hall–Kier alpha value is -3.55. The Balaban J connectivity index is 1.75. The second-order valence-corrected chi connectivity index (χ2v) is 8.66. The van der Waals surface area contributed by atoms with E-state index in [0.717, 1.165) is 11.1 Å². The van der Waals surface area contributed by atoms with E-state index in [2.05, 4.69) is 10.7 Å². The normalized spacial score (nSPS) is 16.8. The van der Waals surface area contributed by atoms with E-state index >= 15 is 0 Å². The van der Waals surface area contributed by atoms with Crippen LogP contribution in [0.1, 0.15) is 38.3 Å². The molecule has 170 valence electrons. The van der Waals surface area contributed by atoms with Crippen molar-refractivity contribution in [2.45, 2.75) is 57.9 Å². The van der Waals surface area contributed by atoms with Gasteiger partial charge in [-0.1, -0.05) is 60.7 Å². The number of ether oxygens (including phenoxy) is 2. The van der Waals surface area contributed by atoms with Crippen LogP contribution in [0.3, 0.4) is 0 Å². The highest BCUT2D eigenvalue weighted by Crippen LogP contribution is 2.21. The Morgan fingerprint density at radius 2 is 1.66 bits per heavy atom. The fraction of sp³-hybridized carbons (Fsp3) is 0.375. The van der Waals surface area contributed by atoms with Gasteiger partial charge in [0, 0.05) is 0 Å². The van der Waals surface area contributed by atoms with Gasteiger partial charge >= 0.3 is 12.2 Å². The van der Waals surface area contributed by atoms with Crippen LogP contribution in [-0.2, 0) is 27.3 Å². The molecule has 8 heteroatoms. The summed E-state index contributed by atoms with van der Waals surface area (Å²) < 4.78 is 10.8. The number of rotatable bonds is 6. The van der Waals surface area contributed by atoms with E-state index in [4.69, 9.17) is 9.47 Å². The lowest BCUT2D eigenvalue weighted by molar-refractivity contribution is -0.121. The molecule has 2 N–H and O–H groups in total. The van der Waals surface area contributed by atoms with E-state index in [1.54, 1.807) is 20.8 Å². The zero-order valence-corrected chi connectivity index (χ0v) is 18.5. The van der Waals surface area contributed by atoms with Gasteiger partial charge in [-0.2, -0.15) is 0 Å². The summed E-state index contributed by atoms with van der Waals surface area (Å²) in [4.78, 5) is 37.5.